The molecule has 160 valence electrons. The zero-order valence-corrected chi connectivity index (χ0v) is 18.6. The Morgan fingerprint density at radius 3 is 2.55 bits per heavy atom. The number of aryl methyl sites for hydroxylation is 2. The van der Waals surface area contributed by atoms with Gasteiger partial charge in [-0.3, -0.25) is 9.36 Å². The number of thioether (sulfide) groups is 1. The molecule has 0 spiro atoms. The molecule has 2 aromatic carbocycles. The average Bonchev–Trinajstić information content (AvgIpc) is 3.47. The van der Waals surface area contributed by atoms with E-state index in [9.17, 15) is 4.79 Å². The second-order valence-corrected chi connectivity index (χ2v) is 9.16. The van der Waals surface area contributed by atoms with Crippen LogP contribution in [-0.4, -0.2) is 46.1 Å². The third-order valence-corrected chi connectivity index (χ3v) is 6.95. The monoisotopic (exact) mass is 433 g/mol. The van der Waals surface area contributed by atoms with Crippen molar-refractivity contribution in [2.75, 3.05) is 35.2 Å². The summed E-state index contributed by atoms with van der Waals surface area (Å²) in [6.07, 6.45) is 4.40. The second-order valence-electron chi connectivity index (χ2n) is 8.21. The molecule has 6 nitrogen and oxygen atoms in total. The molecule has 0 radical (unpaired) electrons. The zero-order valence-electron chi connectivity index (χ0n) is 17.8. The van der Waals surface area contributed by atoms with Crippen LogP contribution in [-0.2, 0) is 11.2 Å². The van der Waals surface area contributed by atoms with Gasteiger partial charge in [-0.15, -0.1) is 10.2 Å². The summed E-state index contributed by atoms with van der Waals surface area (Å²) in [5.41, 5.74) is 4.56. The van der Waals surface area contributed by atoms with Gasteiger partial charge in [-0.25, -0.2) is 0 Å². The van der Waals surface area contributed by atoms with E-state index in [2.05, 4.69) is 63.0 Å². The van der Waals surface area contributed by atoms with Gasteiger partial charge >= 0.3 is 0 Å². The Morgan fingerprint density at radius 2 is 1.74 bits per heavy atom. The number of aromatic nitrogens is 3. The molecule has 1 aromatic heterocycles. The Labute approximate surface area is 187 Å². The molecule has 1 saturated heterocycles. The number of hydrogen-bond acceptors (Lipinski definition) is 5. The van der Waals surface area contributed by atoms with Crippen molar-refractivity contribution in [2.45, 2.75) is 37.8 Å². The fraction of sp³-hybridized carbons (Fsp3) is 0.375. The zero-order chi connectivity index (χ0) is 21.2. The van der Waals surface area contributed by atoms with Crippen molar-refractivity contribution in [3.63, 3.8) is 0 Å². The van der Waals surface area contributed by atoms with Crippen LogP contribution in [0.5, 0.6) is 0 Å². The van der Waals surface area contributed by atoms with Gasteiger partial charge in [0.25, 0.3) is 0 Å². The highest BCUT2D eigenvalue weighted by Gasteiger charge is 2.25. The van der Waals surface area contributed by atoms with Crippen molar-refractivity contribution in [3.8, 4) is 5.69 Å². The van der Waals surface area contributed by atoms with Crippen LogP contribution in [0.15, 0.2) is 53.7 Å². The van der Waals surface area contributed by atoms with E-state index in [1.807, 2.05) is 17.0 Å². The maximum Gasteiger partial charge on any atom is 0.237 e. The van der Waals surface area contributed by atoms with Crippen molar-refractivity contribution in [3.05, 3.63) is 59.7 Å². The van der Waals surface area contributed by atoms with Crippen LogP contribution in [0.2, 0.25) is 0 Å². The molecule has 2 aliphatic rings. The summed E-state index contributed by atoms with van der Waals surface area (Å²) >= 11 is 1.47. The number of rotatable bonds is 5. The average molecular weight is 434 g/mol. The quantitative estimate of drug-likeness (QED) is 0.563. The molecule has 3 heterocycles. The van der Waals surface area contributed by atoms with E-state index in [1.165, 1.54) is 35.7 Å². The molecule has 3 aromatic rings. The Balaban J connectivity index is 1.39. The number of fused-ring (bicyclic) bond motifs is 1. The number of nitrogens with zero attached hydrogens (tertiary/aromatic N) is 5. The van der Waals surface area contributed by atoms with Crippen LogP contribution in [0.4, 0.5) is 11.6 Å². The van der Waals surface area contributed by atoms with E-state index in [-0.39, 0.29) is 5.91 Å². The molecular weight excluding hydrogens is 406 g/mol. The van der Waals surface area contributed by atoms with Crippen LogP contribution < -0.4 is 9.80 Å². The maximum absolute atomic E-state index is 13.1. The van der Waals surface area contributed by atoms with Crippen LogP contribution in [0.3, 0.4) is 0 Å². The Kier molecular flexibility index (Phi) is 5.68. The number of amides is 1. The fourth-order valence-corrected chi connectivity index (χ4v) is 5.22. The predicted octanol–water partition coefficient (Wildman–Crippen LogP) is 4.25. The maximum atomic E-state index is 13.1. The van der Waals surface area contributed by atoms with Gasteiger partial charge in [0.2, 0.25) is 11.9 Å². The Hall–Kier alpha value is -2.80. The molecule has 0 bridgehead atoms. The van der Waals surface area contributed by atoms with E-state index in [0.29, 0.717) is 5.75 Å². The first-order chi connectivity index (χ1) is 15.2. The molecule has 7 heteroatoms. The minimum atomic E-state index is 0.123. The van der Waals surface area contributed by atoms with Crippen LogP contribution in [0, 0.1) is 6.92 Å². The summed E-state index contributed by atoms with van der Waals surface area (Å²) in [5.74, 6) is 1.34. The summed E-state index contributed by atoms with van der Waals surface area (Å²) < 4.78 is 2.10. The number of benzene rings is 2. The van der Waals surface area contributed by atoms with Crippen molar-refractivity contribution in [1.29, 1.82) is 0 Å². The first-order valence-electron chi connectivity index (χ1n) is 11.0. The second kappa shape index (κ2) is 8.75. The van der Waals surface area contributed by atoms with Crippen molar-refractivity contribution in [2.24, 2.45) is 0 Å². The van der Waals surface area contributed by atoms with Gasteiger partial charge in [-0.2, -0.15) is 0 Å². The standard InChI is InChI=1S/C24H27N5OS/c1-18-10-12-20(13-11-18)29-23(27-14-4-5-15-27)25-26-24(29)31-17-22(30)28-16-6-8-19-7-2-3-9-21(19)28/h2-3,7,9-13H,4-6,8,14-17H2,1H3. The minimum Gasteiger partial charge on any atom is -0.341 e. The molecule has 2 aliphatic heterocycles. The van der Waals surface area contributed by atoms with E-state index >= 15 is 0 Å². The van der Waals surface area contributed by atoms with Gasteiger partial charge in [0.05, 0.1) is 11.4 Å². The van der Waals surface area contributed by atoms with Gasteiger partial charge in [0.1, 0.15) is 0 Å². The minimum absolute atomic E-state index is 0.123. The molecule has 0 saturated carbocycles. The SMILES string of the molecule is Cc1ccc(-n2c(SCC(=O)N3CCCc4ccccc43)nnc2N2CCCC2)cc1. The third kappa shape index (κ3) is 4.06. The highest BCUT2D eigenvalue weighted by molar-refractivity contribution is 7.99. The number of hydrogen-bond donors (Lipinski definition) is 0. The van der Waals surface area contributed by atoms with Crippen molar-refractivity contribution >= 4 is 29.3 Å². The molecule has 1 amide bonds. The normalized spacial score (nSPS) is 15.9. The van der Waals surface area contributed by atoms with E-state index in [0.717, 1.165) is 55.0 Å². The Bertz CT molecular complexity index is 1070. The molecule has 0 N–H and O–H groups in total. The third-order valence-electron chi connectivity index (χ3n) is 6.03. The van der Waals surface area contributed by atoms with Gasteiger partial charge in [0.15, 0.2) is 5.16 Å². The lowest BCUT2D eigenvalue weighted by Gasteiger charge is -2.29. The van der Waals surface area contributed by atoms with Gasteiger partial charge in [0, 0.05) is 25.3 Å². The first kappa shape index (κ1) is 20.1. The van der Waals surface area contributed by atoms with E-state index in [4.69, 9.17) is 0 Å². The van der Waals surface area contributed by atoms with Gasteiger partial charge < -0.3 is 9.80 Å². The summed E-state index contributed by atoms with van der Waals surface area (Å²) in [6.45, 7) is 4.86. The first-order valence-corrected chi connectivity index (χ1v) is 12.0. The lowest BCUT2D eigenvalue weighted by atomic mass is 10.0. The largest absolute Gasteiger partial charge is 0.341 e. The molecule has 0 aliphatic carbocycles. The lowest BCUT2D eigenvalue weighted by Crippen LogP contribution is -2.36. The summed E-state index contributed by atoms with van der Waals surface area (Å²) in [4.78, 5) is 17.3. The van der Waals surface area contributed by atoms with Gasteiger partial charge in [-0.1, -0.05) is 47.7 Å². The number of carbonyl (C=O) groups excluding carboxylic acids is 1. The highest BCUT2D eigenvalue weighted by atomic mass is 32.2. The van der Waals surface area contributed by atoms with Crippen molar-refractivity contribution < 1.29 is 4.79 Å². The molecular formula is C24H27N5OS. The number of para-hydroxylation sites is 1. The Morgan fingerprint density at radius 1 is 0.968 bits per heavy atom. The summed E-state index contributed by atoms with van der Waals surface area (Å²) in [5, 5.41) is 9.77. The molecule has 1 fully saturated rings. The highest BCUT2D eigenvalue weighted by Crippen LogP contribution is 2.31. The smallest absolute Gasteiger partial charge is 0.237 e. The topological polar surface area (TPSA) is 54.3 Å². The molecule has 0 unspecified atom stereocenters. The van der Waals surface area contributed by atoms with E-state index in [1.54, 1.807) is 0 Å². The number of carbonyl (C=O) groups is 1. The van der Waals surface area contributed by atoms with E-state index < -0.39 is 0 Å². The lowest BCUT2D eigenvalue weighted by molar-refractivity contribution is -0.116. The molecule has 0 atom stereocenters. The van der Waals surface area contributed by atoms with Crippen LogP contribution in [0.1, 0.15) is 30.4 Å². The number of anilines is 2. The fourth-order valence-electron chi connectivity index (χ4n) is 4.39. The summed E-state index contributed by atoms with van der Waals surface area (Å²) in [6, 6.07) is 16.6. The van der Waals surface area contributed by atoms with Gasteiger partial charge in [-0.05, 0) is 56.4 Å². The van der Waals surface area contributed by atoms with Crippen LogP contribution in [0.25, 0.3) is 5.69 Å². The molecule has 5 rings (SSSR count). The predicted molar refractivity (Wildman–Crippen MR) is 125 cm³/mol. The summed E-state index contributed by atoms with van der Waals surface area (Å²) in [7, 11) is 0. The molecule has 31 heavy (non-hydrogen) atoms. The van der Waals surface area contributed by atoms with Crippen molar-refractivity contribution in [1.82, 2.24) is 14.8 Å². The van der Waals surface area contributed by atoms with Crippen LogP contribution >= 0.6 is 11.8 Å².